The average molecular weight is 570 g/mol. The molecule has 2 aliphatic rings. The number of ether oxygens (including phenoxy) is 2. The van der Waals surface area contributed by atoms with Gasteiger partial charge in [0.2, 0.25) is 0 Å². The minimum absolute atomic E-state index is 0.101. The van der Waals surface area contributed by atoms with Crippen LogP contribution in [0.2, 0.25) is 0 Å². The third-order valence-electron chi connectivity index (χ3n) is 7.44. The van der Waals surface area contributed by atoms with Gasteiger partial charge in [-0.2, -0.15) is 0 Å². The highest BCUT2D eigenvalue weighted by Crippen LogP contribution is 2.47. The maximum atomic E-state index is 13.6. The number of aromatic nitrogens is 1. The average Bonchev–Trinajstić information content (AvgIpc) is 3.64. The number of Topliss-reactive ketones (excluding diaryl/α,β-unsaturated/α-hetero) is 1. The number of benzene rings is 2. The van der Waals surface area contributed by atoms with Crippen LogP contribution in [0.1, 0.15) is 61.1 Å². The number of amides is 1. The molecule has 2 aromatic carbocycles. The number of anilines is 2. The number of thiophene rings is 1. The van der Waals surface area contributed by atoms with Crippen LogP contribution < -0.4 is 10.2 Å². The summed E-state index contributed by atoms with van der Waals surface area (Å²) in [5.74, 6) is 0.439. The SMILES string of the molecule is CC(C)(C)OC(=O)Nc1ccc(-c2cccs2)cc1CC(=O)c1cc2ccc(N3CCOCC3)c(C3CC3)c2cn1. The number of pyridine rings is 1. The molecule has 7 nitrogen and oxygen atoms in total. The molecule has 0 spiro atoms. The van der Waals surface area contributed by atoms with Crippen LogP contribution in [0.25, 0.3) is 21.2 Å². The minimum Gasteiger partial charge on any atom is -0.444 e. The molecule has 1 saturated carbocycles. The van der Waals surface area contributed by atoms with Crippen LogP contribution in [0, 0.1) is 0 Å². The van der Waals surface area contributed by atoms with E-state index in [1.165, 1.54) is 24.1 Å². The number of nitrogens with one attached hydrogen (secondary N) is 1. The van der Waals surface area contributed by atoms with Crippen LogP contribution in [-0.4, -0.2) is 48.8 Å². The van der Waals surface area contributed by atoms with Crippen molar-refractivity contribution in [3.8, 4) is 10.4 Å². The summed E-state index contributed by atoms with van der Waals surface area (Å²) in [5, 5.41) is 7.02. The van der Waals surface area contributed by atoms with Crippen LogP contribution in [0.5, 0.6) is 0 Å². The summed E-state index contributed by atoms with van der Waals surface area (Å²) in [6.45, 7) is 8.72. The smallest absolute Gasteiger partial charge is 0.412 e. The summed E-state index contributed by atoms with van der Waals surface area (Å²) in [7, 11) is 0. The van der Waals surface area contributed by atoms with Crippen molar-refractivity contribution in [3.05, 3.63) is 76.9 Å². The van der Waals surface area contributed by atoms with Crippen molar-refractivity contribution in [2.24, 2.45) is 0 Å². The van der Waals surface area contributed by atoms with Gasteiger partial charge in [-0.3, -0.25) is 15.1 Å². The predicted molar refractivity (Wildman–Crippen MR) is 164 cm³/mol. The predicted octanol–water partition coefficient (Wildman–Crippen LogP) is 7.45. The van der Waals surface area contributed by atoms with Crippen molar-refractivity contribution in [2.45, 2.75) is 51.6 Å². The van der Waals surface area contributed by atoms with Crippen molar-refractivity contribution in [1.82, 2.24) is 4.98 Å². The van der Waals surface area contributed by atoms with Gasteiger partial charge in [0.05, 0.1) is 13.2 Å². The molecular formula is C33H35N3O4S. The number of morpholine rings is 1. The van der Waals surface area contributed by atoms with Crippen molar-refractivity contribution < 1.29 is 19.1 Å². The quantitative estimate of drug-likeness (QED) is 0.233. The number of ketones is 1. The van der Waals surface area contributed by atoms with Gasteiger partial charge in [-0.1, -0.05) is 18.2 Å². The van der Waals surface area contributed by atoms with Crippen LogP contribution in [0.4, 0.5) is 16.2 Å². The van der Waals surface area contributed by atoms with E-state index in [0.717, 1.165) is 53.1 Å². The molecule has 6 rings (SSSR count). The Morgan fingerprint density at radius 1 is 1.10 bits per heavy atom. The first kappa shape index (κ1) is 27.4. The molecule has 1 saturated heterocycles. The highest BCUT2D eigenvalue weighted by molar-refractivity contribution is 7.13. The number of carbonyl (C=O) groups excluding carboxylic acids is 2. The Kier molecular flexibility index (Phi) is 7.53. The molecule has 0 bridgehead atoms. The lowest BCUT2D eigenvalue weighted by Gasteiger charge is -2.31. The van der Waals surface area contributed by atoms with Crippen LogP contribution in [0.3, 0.4) is 0 Å². The molecule has 1 N–H and O–H groups in total. The Morgan fingerprint density at radius 2 is 1.90 bits per heavy atom. The van der Waals surface area contributed by atoms with Crippen molar-refractivity contribution in [1.29, 1.82) is 0 Å². The molecule has 2 aromatic heterocycles. The van der Waals surface area contributed by atoms with E-state index < -0.39 is 11.7 Å². The van der Waals surface area contributed by atoms with E-state index >= 15 is 0 Å². The van der Waals surface area contributed by atoms with Crippen molar-refractivity contribution in [3.63, 3.8) is 0 Å². The second-order valence-electron chi connectivity index (χ2n) is 11.7. The second-order valence-corrected chi connectivity index (χ2v) is 12.7. The zero-order valence-electron chi connectivity index (χ0n) is 23.7. The van der Waals surface area contributed by atoms with Crippen molar-refractivity contribution in [2.75, 3.05) is 36.5 Å². The number of rotatable bonds is 7. The lowest BCUT2D eigenvalue weighted by Crippen LogP contribution is -2.36. The lowest BCUT2D eigenvalue weighted by atomic mass is 9.97. The second kappa shape index (κ2) is 11.3. The summed E-state index contributed by atoms with van der Waals surface area (Å²) in [4.78, 5) is 34.4. The summed E-state index contributed by atoms with van der Waals surface area (Å²) in [6, 6.07) is 16.0. The molecule has 1 aliphatic carbocycles. The zero-order chi connectivity index (χ0) is 28.6. The first-order valence-electron chi connectivity index (χ1n) is 14.2. The topological polar surface area (TPSA) is 80.8 Å². The highest BCUT2D eigenvalue weighted by atomic mass is 32.1. The van der Waals surface area contributed by atoms with E-state index in [9.17, 15) is 9.59 Å². The third kappa shape index (κ3) is 6.29. The van der Waals surface area contributed by atoms with Crippen LogP contribution >= 0.6 is 11.3 Å². The summed E-state index contributed by atoms with van der Waals surface area (Å²) < 4.78 is 11.0. The van der Waals surface area contributed by atoms with Crippen LogP contribution in [-0.2, 0) is 15.9 Å². The molecule has 3 heterocycles. The minimum atomic E-state index is -0.632. The zero-order valence-corrected chi connectivity index (χ0v) is 24.6. The van der Waals surface area contributed by atoms with Crippen LogP contribution in [0.15, 0.2) is 60.1 Å². The van der Waals surface area contributed by atoms with Gasteiger partial charge in [-0.15, -0.1) is 11.3 Å². The van der Waals surface area contributed by atoms with Gasteiger partial charge in [0.1, 0.15) is 11.3 Å². The van der Waals surface area contributed by atoms with E-state index in [1.807, 2.05) is 68.7 Å². The van der Waals surface area contributed by atoms with Gasteiger partial charge in [0.25, 0.3) is 0 Å². The third-order valence-corrected chi connectivity index (χ3v) is 8.36. The van der Waals surface area contributed by atoms with E-state index in [0.29, 0.717) is 17.3 Å². The van der Waals surface area contributed by atoms with Gasteiger partial charge in [-0.25, -0.2) is 4.79 Å². The van der Waals surface area contributed by atoms with Gasteiger partial charge in [0, 0.05) is 47.3 Å². The fourth-order valence-electron chi connectivity index (χ4n) is 5.40. The molecule has 212 valence electrons. The Bertz CT molecular complexity index is 1580. The molecule has 41 heavy (non-hydrogen) atoms. The number of hydrogen-bond acceptors (Lipinski definition) is 7. The van der Waals surface area contributed by atoms with E-state index in [-0.39, 0.29) is 12.2 Å². The molecule has 1 amide bonds. The molecule has 2 fully saturated rings. The summed E-state index contributed by atoms with van der Waals surface area (Å²) in [6.07, 6.45) is 3.80. The first-order chi connectivity index (χ1) is 19.7. The van der Waals surface area contributed by atoms with Gasteiger partial charge in [-0.05, 0) is 97.3 Å². The highest BCUT2D eigenvalue weighted by Gasteiger charge is 2.30. The molecule has 0 atom stereocenters. The fourth-order valence-corrected chi connectivity index (χ4v) is 6.12. The number of hydrogen-bond donors (Lipinski definition) is 1. The van der Waals surface area contributed by atoms with E-state index in [1.54, 1.807) is 11.3 Å². The number of nitrogens with zero attached hydrogens (tertiary/aromatic N) is 2. The largest absolute Gasteiger partial charge is 0.444 e. The number of fused-ring (bicyclic) bond motifs is 1. The normalized spacial score (nSPS) is 15.6. The van der Waals surface area contributed by atoms with Crippen molar-refractivity contribution >= 4 is 45.4 Å². The summed E-state index contributed by atoms with van der Waals surface area (Å²) >= 11 is 1.63. The number of carbonyl (C=O) groups is 2. The Morgan fingerprint density at radius 3 is 2.61 bits per heavy atom. The Labute approximate surface area is 244 Å². The Hall–Kier alpha value is -3.75. The van der Waals surface area contributed by atoms with Gasteiger partial charge >= 0.3 is 6.09 Å². The monoisotopic (exact) mass is 569 g/mol. The molecule has 8 heteroatoms. The molecular weight excluding hydrogens is 534 g/mol. The maximum absolute atomic E-state index is 13.6. The molecule has 0 unspecified atom stereocenters. The van der Waals surface area contributed by atoms with Gasteiger partial charge in [0.15, 0.2) is 5.78 Å². The maximum Gasteiger partial charge on any atom is 0.412 e. The van der Waals surface area contributed by atoms with E-state index in [4.69, 9.17) is 9.47 Å². The Balaban J connectivity index is 1.30. The van der Waals surface area contributed by atoms with Gasteiger partial charge < -0.3 is 14.4 Å². The molecule has 4 aromatic rings. The van der Waals surface area contributed by atoms with E-state index in [2.05, 4.69) is 27.3 Å². The standard InChI is InChI=1S/C33H35N3O4S/c1-33(2,3)40-32(38)35-26-10-8-23(30-5-4-16-41-30)17-24(26)19-29(37)27-18-22-9-11-28(36-12-14-39-15-13-36)31(21-6-7-21)25(22)20-34-27/h4-5,8-11,16-18,20-21H,6-7,12-15,19H2,1-3H3,(H,35,38). The lowest BCUT2D eigenvalue weighted by molar-refractivity contribution is 0.0635. The fraction of sp³-hybridized carbons (Fsp3) is 0.364. The first-order valence-corrected chi connectivity index (χ1v) is 15.1. The molecule has 0 radical (unpaired) electrons. The summed E-state index contributed by atoms with van der Waals surface area (Å²) in [5.41, 5.74) is 4.68. The molecule has 1 aliphatic heterocycles.